The average molecular weight is 488 g/mol. The number of halogens is 2. The Bertz CT molecular complexity index is 1410. The van der Waals surface area contributed by atoms with E-state index < -0.39 is 9.84 Å². The van der Waals surface area contributed by atoms with Gasteiger partial charge in [-0.2, -0.15) is 0 Å². The van der Waals surface area contributed by atoms with Gasteiger partial charge in [-0.3, -0.25) is 4.79 Å². The standard InChI is InChI=1S/C23H19Cl2N3O3S/c1-15(29)26-18-8-10-19(11-9-18)32(30,31)14-23-27-21-4-2-3-5-22(21)28(23)13-16-6-7-17(24)12-20(16)25/h2-12H,13-14H2,1H3,(H,26,29). The van der Waals surface area contributed by atoms with E-state index in [1.54, 1.807) is 24.3 Å². The number of rotatable bonds is 6. The van der Waals surface area contributed by atoms with E-state index in [4.69, 9.17) is 23.2 Å². The average Bonchev–Trinajstić information content (AvgIpc) is 3.06. The number of carbonyl (C=O) groups excluding carboxylic acids is 1. The lowest BCUT2D eigenvalue weighted by Gasteiger charge is -2.12. The number of benzene rings is 3. The second kappa shape index (κ2) is 8.94. The second-order valence-corrected chi connectivity index (χ2v) is 10.1. The molecule has 0 bridgehead atoms. The Balaban J connectivity index is 1.71. The molecule has 0 aliphatic rings. The molecule has 0 spiro atoms. The fraction of sp³-hybridized carbons (Fsp3) is 0.130. The van der Waals surface area contributed by atoms with Crippen molar-refractivity contribution in [3.8, 4) is 0 Å². The van der Waals surface area contributed by atoms with Gasteiger partial charge in [-0.1, -0.05) is 41.4 Å². The van der Waals surface area contributed by atoms with Crippen LogP contribution >= 0.6 is 23.2 Å². The monoisotopic (exact) mass is 487 g/mol. The summed E-state index contributed by atoms with van der Waals surface area (Å²) in [7, 11) is -3.69. The number of hydrogen-bond donors (Lipinski definition) is 1. The van der Waals surface area contributed by atoms with E-state index in [9.17, 15) is 13.2 Å². The van der Waals surface area contributed by atoms with E-state index in [1.807, 2.05) is 34.9 Å². The minimum Gasteiger partial charge on any atom is -0.326 e. The molecular weight excluding hydrogens is 469 g/mol. The highest BCUT2D eigenvalue weighted by atomic mass is 35.5. The Morgan fingerprint density at radius 1 is 1.03 bits per heavy atom. The quantitative estimate of drug-likeness (QED) is 0.398. The minimum atomic E-state index is -3.69. The predicted molar refractivity (Wildman–Crippen MR) is 127 cm³/mol. The summed E-state index contributed by atoms with van der Waals surface area (Å²) in [6.07, 6.45) is 0. The Morgan fingerprint density at radius 3 is 2.44 bits per heavy atom. The van der Waals surface area contributed by atoms with Crippen molar-refractivity contribution in [1.82, 2.24) is 9.55 Å². The molecular formula is C23H19Cl2N3O3S. The summed E-state index contributed by atoms with van der Waals surface area (Å²) in [5.74, 6) is -0.106. The third kappa shape index (κ3) is 4.80. The van der Waals surface area contributed by atoms with Gasteiger partial charge in [-0.25, -0.2) is 13.4 Å². The van der Waals surface area contributed by atoms with Crippen molar-refractivity contribution in [1.29, 1.82) is 0 Å². The smallest absolute Gasteiger partial charge is 0.221 e. The van der Waals surface area contributed by atoms with Gasteiger partial charge < -0.3 is 9.88 Å². The van der Waals surface area contributed by atoms with Crippen molar-refractivity contribution < 1.29 is 13.2 Å². The Morgan fingerprint density at radius 2 is 1.75 bits per heavy atom. The minimum absolute atomic E-state index is 0.148. The van der Waals surface area contributed by atoms with Crippen molar-refractivity contribution in [2.24, 2.45) is 0 Å². The zero-order chi connectivity index (χ0) is 22.9. The Hall–Kier alpha value is -2.87. The fourth-order valence-corrected chi connectivity index (χ4v) is 5.18. The molecule has 32 heavy (non-hydrogen) atoms. The molecule has 0 radical (unpaired) electrons. The number of imidazole rings is 1. The summed E-state index contributed by atoms with van der Waals surface area (Å²) in [6, 6.07) is 18.8. The maximum absolute atomic E-state index is 13.1. The first kappa shape index (κ1) is 22.3. The zero-order valence-corrected chi connectivity index (χ0v) is 19.4. The molecule has 1 amide bonds. The molecule has 4 aromatic rings. The van der Waals surface area contributed by atoms with Crippen LogP contribution in [0.15, 0.2) is 71.6 Å². The molecule has 1 heterocycles. The van der Waals surface area contributed by atoms with Crippen molar-refractivity contribution in [2.45, 2.75) is 24.1 Å². The van der Waals surface area contributed by atoms with Gasteiger partial charge in [0, 0.05) is 22.7 Å². The number of fused-ring (bicyclic) bond motifs is 1. The van der Waals surface area contributed by atoms with E-state index in [0.717, 1.165) is 11.1 Å². The van der Waals surface area contributed by atoms with Crippen molar-refractivity contribution >= 4 is 55.7 Å². The van der Waals surface area contributed by atoms with Gasteiger partial charge in [-0.15, -0.1) is 0 Å². The Labute approximate surface area is 195 Å². The summed E-state index contributed by atoms with van der Waals surface area (Å²) < 4.78 is 28.1. The van der Waals surface area contributed by atoms with Crippen LogP contribution in [0.5, 0.6) is 0 Å². The fourth-order valence-electron chi connectivity index (χ4n) is 3.43. The van der Waals surface area contributed by atoms with Gasteiger partial charge in [0.25, 0.3) is 0 Å². The lowest BCUT2D eigenvalue weighted by Crippen LogP contribution is -2.12. The van der Waals surface area contributed by atoms with E-state index in [0.29, 0.717) is 33.6 Å². The van der Waals surface area contributed by atoms with Gasteiger partial charge in [0.15, 0.2) is 9.84 Å². The van der Waals surface area contributed by atoms with Crippen LogP contribution in [-0.4, -0.2) is 23.9 Å². The topological polar surface area (TPSA) is 81.1 Å². The predicted octanol–water partition coefficient (Wildman–Crippen LogP) is 5.32. The molecule has 6 nitrogen and oxygen atoms in total. The molecule has 4 rings (SSSR count). The number of hydrogen-bond acceptors (Lipinski definition) is 4. The van der Waals surface area contributed by atoms with E-state index in [1.165, 1.54) is 19.1 Å². The maximum Gasteiger partial charge on any atom is 0.221 e. The van der Waals surface area contributed by atoms with Crippen LogP contribution in [0.1, 0.15) is 18.3 Å². The number of aromatic nitrogens is 2. The molecule has 0 unspecified atom stereocenters. The third-order valence-electron chi connectivity index (χ3n) is 4.93. The third-order valence-corrected chi connectivity index (χ3v) is 7.15. The van der Waals surface area contributed by atoms with Crippen molar-refractivity contribution in [3.05, 3.63) is 88.2 Å². The Kier molecular flexibility index (Phi) is 6.24. The maximum atomic E-state index is 13.1. The molecule has 0 atom stereocenters. The van der Waals surface area contributed by atoms with E-state index in [-0.39, 0.29) is 16.6 Å². The molecule has 164 valence electrons. The molecule has 0 aliphatic heterocycles. The number of anilines is 1. The highest BCUT2D eigenvalue weighted by Crippen LogP contribution is 2.26. The van der Waals surface area contributed by atoms with Gasteiger partial charge in [-0.05, 0) is 54.1 Å². The van der Waals surface area contributed by atoms with Crippen LogP contribution in [0.3, 0.4) is 0 Å². The van der Waals surface area contributed by atoms with Gasteiger partial charge in [0.1, 0.15) is 11.6 Å². The van der Waals surface area contributed by atoms with Crippen LogP contribution in [0.25, 0.3) is 11.0 Å². The second-order valence-electron chi connectivity index (χ2n) is 7.30. The van der Waals surface area contributed by atoms with Crippen LogP contribution < -0.4 is 5.32 Å². The molecule has 0 saturated heterocycles. The zero-order valence-electron chi connectivity index (χ0n) is 17.0. The molecule has 1 N–H and O–H groups in total. The lowest BCUT2D eigenvalue weighted by atomic mass is 10.2. The molecule has 0 fully saturated rings. The molecule has 3 aromatic carbocycles. The van der Waals surface area contributed by atoms with Gasteiger partial charge in [0.2, 0.25) is 5.91 Å². The number of para-hydroxylation sites is 2. The highest BCUT2D eigenvalue weighted by molar-refractivity contribution is 7.90. The van der Waals surface area contributed by atoms with Crippen molar-refractivity contribution in [2.75, 3.05) is 5.32 Å². The summed E-state index contributed by atoms with van der Waals surface area (Å²) >= 11 is 12.4. The van der Waals surface area contributed by atoms with E-state index in [2.05, 4.69) is 10.3 Å². The van der Waals surface area contributed by atoms with Crippen LogP contribution in [0, 0.1) is 0 Å². The summed E-state index contributed by atoms with van der Waals surface area (Å²) in [5.41, 5.74) is 2.84. The van der Waals surface area contributed by atoms with Gasteiger partial charge in [0.05, 0.1) is 22.5 Å². The molecule has 0 saturated carbocycles. The SMILES string of the molecule is CC(=O)Nc1ccc(S(=O)(=O)Cc2nc3ccccc3n2Cc2ccc(Cl)cc2Cl)cc1. The number of sulfone groups is 1. The summed E-state index contributed by atoms with van der Waals surface area (Å²) in [4.78, 5) is 15.9. The van der Waals surface area contributed by atoms with Crippen molar-refractivity contribution in [3.63, 3.8) is 0 Å². The number of nitrogens with one attached hydrogen (secondary N) is 1. The van der Waals surface area contributed by atoms with Crippen LogP contribution in [-0.2, 0) is 26.9 Å². The van der Waals surface area contributed by atoms with Crippen LogP contribution in [0.2, 0.25) is 10.0 Å². The first-order chi connectivity index (χ1) is 15.2. The molecule has 1 aromatic heterocycles. The van der Waals surface area contributed by atoms with E-state index >= 15 is 0 Å². The number of carbonyl (C=O) groups is 1. The molecule has 9 heteroatoms. The number of nitrogens with zero attached hydrogens (tertiary/aromatic N) is 2. The first-order valence-electron chi connectivity index (χ1n) is 9.71. The van der Waals surface area contributed by atoms with Crippen LogP contribution in [0.4, 0.5) is 5.69 Å². The largest absolute Gasteiger partial charge is 0.326 e. The molecule has 0 aliphatic carbocycles. The number of amides is 1. The summed E-state index contributed by atoms with van der Waals surface area (Å²) in [6.45, 7) is 1.74. The lowest BCUT2D eigenvalue weighted by molar-refractivity contribution is -0.114. The first-order valence-corrected chi connectivity index (χ1v) is 12.1. The summed E-state index contributed by atoms with van der Waals surface area (Å²) in [5, 5.41) is 3.65. The van der Waals surface area contributed by atoms with Gasteiger partial charge >= 0.3 is 0 Å². The normalized spacial score (nSPS) is 11.6. The highest BCUT2D eigenvalue weighted by Gasteiger charge is 2.21.